The van der Waals surface area contributed by atoms with Crippen LogP contribution in [-0.2, 0) is 16.0 Å². The van der Waals surface area contributed by atoms with Gasteiger partial charge in [0.2, 0.25) is 11.7 Å². The molecule has 1 unspecified atom stereocenters. The zero-order valence-corrected chi connectivity index (χ0v) is 20.9. The molecule has 6 nitrogen and oxygen atoms in total. The lowest BCUT2D eigenvalue weighted by Crippen LogP contribution is -2.43. The van der Waals surface area contributed by atoms with Crippen LogP contribution in [-0.4, -0.2) is 33.0 Å². The van der Waals surface area contributed by atoms with Crippen molar-refractivity contribution in [1.29, 1.82) is 0 Å². The molecule has 0 aromatic heterocycles. The van der Waals surface area contributed by atoms with E-state index in [0.29, 0.717) is 35.7 Å². The number of Topliss-reactive ketones (excluding diaryl/α,β-unsaturated/α-hetero) is 1. The van der Waals surface area contributed by atoms with Crippen LogP contribution in [0.5, 0.6) is 17.2 Å². The van der Waals surface area contributed by atoms with Crippen molar-refractivity contribution in [2.45, 2.75) is 52.4 Å². The van der Waals surface area contributed by atoms with Gasteiger partial charge in [-0.25, -0.2) is 0 Å². The van der Waals surface area contributed by atoms with Gasteiger partial charge in [0.25, 0.3) is 0 Å². The Balaban J connectivity index is 1.90. The van der Waals surface area contributed by atoms with Gasteiger partial charge in [-0.05, 0) is 53.6 Å². The minimum absolute atomic E-state index is 0.0211. The minimum Gasteiger partial charge on any atom is -0.493 e. The number of hydrogen-bond acceptors (Lipinski definition) is 5. The van der Waals surface area contributed by atoms with Crippen molar-refractivity contribution in [3.05, 3.63) is 58.8 Å². The summed E-state index contributed by atoms with van der Waals surface area (Å²) in [4.78, 5) is 29.0. The number of carbonyl (C=O) groups is 2. The van der Waals surface area contributed by atoms with Crippen molar-refractivity contribution in [3.8, 4) is 17.2 Å². The van der Waals surface area contributed by atoms with Crippen molar-refractivity contribution in [2.75, 3.05) is 26.2 Å². The third-order valence-electron chi connectivity index (χ3n) is 6.84. The van der Waals surface area contributed by atoms with E-state index >= 15 is 0 Å². The first-order chi connectivity index (χ1) is 16.2. The van der Waals surface area contributed by atoms with Gasteiger partial charge in [0.1, 0.15) is 0 Å². The van der Waals surface area contributed by atoms with Crippen molar-refractivity contribution in [2.24, 2.45) is 5.41 Å². The monoisotopic (exact) mass is 463 g/mol. The predicted octanol–water partition coefficient (Wildman–Crippen LogP) is 5.44. The SMILES string of the molecule is CCc1ccc(N2C(=O)CC(c3cc(OC)c(OC)c(OC)c3)C3=C2CC(C)(C)CC3=O)cc1. The first-order valence-electron chi connectivity index (χ1n) is 11.7. The first kappa shape index (κ1) is 23.9. The highest BCUT2D eigenvalue weighted by molar-refractivity contribution is 6.07. The fourth-order valence-electron chi connectivity index (χ4n) is 5.18. The van der Waals surface area contributed by atoms with E-state index in [1.807, 2.05) is 36.4 Å². The van der Waals surface area contributed by atoms with Crippen LogP contribution in [0.1, 0.15) is 57.1 Å². The Morgan fingerprint density at radius 3 is 2.09 bits per heavy atom. The van der Waals surface area contributed by atoms with Crippen molar-refractivity contribution in [3.63, 3.8) is 0 Å². The van der Waals surface area contributed by atoms with Crippen molar-refractivity contribution < 1.29 is 23.8 Å². The van der Waals surface area contributed by atoms with E-state index in [4.69, 9.17) is 14.2 Å². The van der Waals surface area contributed by atoms with E-state index in [9.17, 15) is 9.59 Å². The third kappa shape index (κ3) is 4.17. The number of rotatable bonds is 6. The highest BCUT2D eigenvalue weighted by Gasteiger charge is 2.44. The molecule has 1 aliphatic heterocycles. The number of methoxy groups -OCH3 is 3. The fraction of sp³-hybridized carbons (Fsp3) is 0.429. The quantitative estimate of drug-likeness (QED) is 0.571. The van der Waals surface area contributed by atoms with Gasteiger partial charge in [0.05, 0.1) is 21.3 Å². The fourth-order valence-corrected chi connectivity index (χ4v) is 5.18. The molecule has 0 saturated heterocycles. The standard InChI is InChI=1S/C28H33NO5/c1-7-17-8-10-19(11-9-17)29-21-15-28(2,3)16-22(30)26(21)20(14-25(29)31)18-12-23(32-4)27(34-6)24(13-18)33-5/h8-13,20H,7,14-16H2,1-6H3. The van der Waals surface area contributed by atoms with E-state index in [-0.39, 0.29) is 29.4 Å². The molecule has 1 atom stereocenters. The molecule has 34 heavy (non-hydrogen) atoms. The van der Waals surface area contributed by atoms with Crippen LogP contribution < -0.4 is 19.1 Å². The normalized spacial score (nSPS) is 19.7. The molecule has 180 valence electrons. The summed E-state index contributed by atoms with van der Waals surface area (Å²) in [5, 5.41) is 0. The topological polar surface area (TPSA) is 65.1 Å². The summed E-state index contributed by atoms with van der Waals surface area (Å²) >= 11 is 0. The highest BCUT2D eigenvalue weighted by Crippen LogP contribution is 2.50. The molecular formula is C28H33NO5. The van der Waals surface area contributed by atoms with Crippen LogP contribution in [0.2, 0.25) is 0 Å². The van der Waals surface area contributed by atoms with E-state index in [1.165, 1.54) is 5.56 Å². The number of ether oxygens (including phenoxy) is 3. The number of anilines is 1. The maximum Gasteiger partial charge on any atom is 0.232 e. The first-order valence-corrected chi connectivity index (χ1v) is 11.7. The van der Waals surface area contributed by atoms with Crippen LogP contribution in [0.3, 0.4) is 0 Å². The summed E-state index contributed by atoms with van der Waals surface area (Å²) in [5.41, 5.74) is 4.12. The van der Waals surface area contributed by atoms with E-state index in [1.54, 1.807) is 26.2 Å². The van der Waals surface area contributed by atoms with E-state index < -0.39 is 0 Å². The minimum atomic E-state index is -0.369. The smallest absolute Gasteiger partial charge is 0.232 e. The molecule has 2 aliphatic rings. The van der Waals surface area contributed by atoms with Crippen molar-refractivity contribution >= 4 is 17.4 Å². The van der Waals surface area contributed by atoms with Gasteiger partial charge in [0, 0.05) is 35.7 Å². The highest BCUT2D eigenvalue weighted by atomic mass is 16.5. The number of carbonyl (C=O) groups excluding carboxylic acids is 2. The Morgan fingerprint density at radius 1 is 0.941 bits per heavy atom. The van der Waals surface area contributed by atoms with Crippen LogP contribution in [0.25, 0.3) is 0 Å². The number of hydrogen-bond donors (Lipinski definition) is 0. The lowest BCUT2D eigenvalue weighted by atomic mass is 9.69. The number of benzene rings is 2. The number of nitrogens with zero attached hydrogens (tertiary/aromatic N) is 1. The Hall–Kier alpha value is -3.28. The number of allylic oxidation sites excluding steroid dienone is 2. The number of amides is 1. The van der Waals surface area contributed by atoms with Crippen LogP contribution >= 0.6 is 0 Å². The molecule has 1 heterocycles. The molecule has 2 aromatic carbocycles. The predicted molar refractivity (Wildman–Crippen MR) is 132 cm³/mol. The number of ketones is 1. The van der Waals surface area contributed by atoms with Gasteiger partial charge in [0.15, 0.2) is 17.3 Å². The lowest BCUT2D eigenvalue weighted by Gasteiger charge is -2.43. The molecular weight excluding hydrogens is 430 g/mol. The van der Waals surface area contributed by atoms with Crippen LogP contribution in [0.4, 0.5) is 5.69 Å². The largest absolute Gasteiger partial charge is 0.493 e. The Labute approximate surface area is 201 Å². The van der Waals surface area contributed by atoms with Crippen LogP contribution in [0.15, 0.2) is 47.7 Å². The van der Waals surface area contributed by atoms with Gasteiger partial charge in [-0.1, -0.05) is 32.9 Å². The summed E-state index contributed by atoms with van der Waals surface area (Å²) in [7, 11) is 4.68. The second-order valence-electron chi connectivity index (χ2n) is 9.77. The van der Waals surface area contributed by atoms with Gasteiger partial charge in [-0.15, -0.1) is 0 Å². The average molecular weight is 464 g/mol. The van der Waals surface area contributed by atoms with Gasteiger partial charge < -0.3 is 14.2 Å². The third-order valence-corrected chi connectivity index (χ3v) is 6.84. The maximum atomic E-state index is 13.6. The second-order valence-corrected chi connectivity index (χ2v) is 9.77. The Kier molecular flexibility index (Phi) is 6.43. The van der Waals surface area contributed by atoms with E-state index in [2.05, 4.69) is 20.8 Å². The molecule has 0 N–H and O–H groups in total. The molecule has 1 amide bonds. The molecule has 0 saturated carbocycles. The molecule has 0 fully saturated rings. The van der Waals surface area contributed by atoms with E-state index in [0.717, 1.165) is 23.4 Å². The molecule has 6 heteroatoms. The molecule has 0 spiro atoms. The average Bonchev–Trinajstić information content (AvgIpc) is 2.81. The molecule has 4 rings (SSSR count). The molecule has 2 aromatic rings. The Morgan fingerprint density at radius 2 is 1.56 bits per heavy atom. The molecule has 0 radical (unpaired) electrons. The van der Waals surface area contributed by atoms with Crippen LogP contribution in [0, 0.1) is 5.41 Å². The summed E-state index contributed by atoms with van der Waals surface area (Å²) in [6.07, 6.45) is 2.22. The maximum absolute atomic E-state index is 13.6. The summed E-state index contributed by atoms with van der Waals surface area (Å²) in [6.45, 7) is 6.27. The van der Waals surface area contributed by atoms with Gasteiger partial charge >= 0.3 is 0 Å². The number of aryl methyl sites for hydroxylation is 1. The van der Waals surface area contributed by atoms with Crippen molar-refractivity contribution in [1.82, 2.24) is 0 Å². The van der Waals surface area contributed by atoms with Gasteiger partial charge in [-0.2, -0.15) is 0 Å². The zero-order valence-electron chi connectivity index (χ0n) is 20.9. The zero-order chi connectivity index (χ0) is 24.6. The summed E-state index contributed by atoms with van der Waals surface area (Å²) < 4.78 is 16.6. The summed E-state index contributed by atoms with van der Waals surface area (Å²) in [5.74, 6) is 1.20. The molecule has 0 bridgehead atoms. The van der Waals surface area contributed by atoms with Gasteiger partial charge in [-0.3, -0.25) is 14.5 Å². The lowest BCUT2D eigenvalue weighted by molar-refractivity contribution is -0.121. The second kappa shape index (κ2) is 9.16. The summed E-state index contributed by atoms with van der Waals surface area (Å²) in [6, 6.07) is 11.7. The molecule has 1 aliphatic carbocycles. The Bertz CT molecular complexity index is 1120.